The van der Waals surface area contributed by atoms with Crippen molar-refractivity contribution in [1.29, 1.82) is 0 Å². The van der Waals surface area contributed by atoms with Crippen LogP contribution in [0, 0.1) is 6.92 Å². The average molecular weight is 432 g/mol. The lowest BCUT2D eigenvalue weighted by atomic mass is 10.1. The molecule has 4 aromatic rings. The molecule has 0 radical (unpaired) electrons. The summed E-state index contributed by atoms with van der Waals surface area (Å²) in [6.45, 7) is 3.83. The van der Waals surface area contributed by atoms with Gasteiger partial charge in [-0.2, -0.15) is 0 Å². The lowest BCUT2D eigenvalue weighted by Gasteiger charge is -2.13. The number of para-hydroxylation sites is 2. The second-order valence-corrected chi connectivity index (χ2v) is 7.54. The molecule has 156 valence electrons. The van der Waals surface area contributed by atoms with Crippen molar-refractivity contribution in [3.63, 3.8) is 0 Å². The standard InChI is InChI=1S/C24H21N3O3S/c1-3-15-8-10-16(11-9-15)22(29)27-24(31)25-17-12-14(2)21(28)18(13-17)23-26-19-6-4-5-7-20(19)30-23/h4-13,28H,3H2,1-2H3,(H2,25,27,29,31). The number of aromatic hydroxyl groups is 1. The van der Waals surface area contributed by atoms with Gasteiger partial charge in [0.2, 0.25) is 5.89 Å². The summed E-state index contributed by atoms with van der Waals surface area (Å²) in [7, 11) is 0. The van der Waals surface area contributed by atoms with E-state index >= 15 is 0 Å². The molecule has 0 unspecified atom stereocenters. The van der Waals surface area contributed by atoms with Crippen LogP contribution in [0.3, 0.4) is 0 Å². The smallest absolute Gasteiger partial charge is 0.257 e. The molecule has 0 aliphatic heterocycles. The fourth-order valence-electron chi connectivity index (χ4n) is 3.23. The topological polar surface area (TPSA) is 87.4 Å². The first-order chi connectivity index (χ1) is 14.9. The van der Waals surface area contributed by atoms with Crippen LogP contribution in [-0.4, -0.2) is 21.1 Å². The van der Waals surface area contributed by atoms with Crippen LogP contribution in [0.1, 0.15) is 28.4 Å². The minimum Gasteiger partial charge on any atom is -0.507 e. The number of hydrogen-bond acceptors (Lipinski definition) is 5. The van der Waals surface area contributed by atoms with Gasteiger partial charge < -0.3 is 14.8 Å². The number of phenols is 1. The summed E-state index contributed by atoms with van der Waals surface area (Å²) >= 11 is 5.30. The molecule has 0 fully saturated rings. The molecular formula is C24H21N3O3S. The number of carbonyl (C=O) groups excluding carboxylic acids is 1. The summed E-state index contributed by atoms with van der Waals surface area (Å²) in [5.41, 5.74) is 4.65. The van der Waals surface area contributed by atoms with Crippen LogP contribution >= 0.6 is 12.2 Å². The van der Waals surface area contributed by atoms with Crippen molar-refractivity contribution in [3.8, 4) is 17.2 Å². The third-order valence-electron chi connectivity index (χ3n) is 4.93. The highest BCUT2D eigenvalue weighted by molar-refractivity contribution is 7.80. The minimum absolute atomic E-state index is 0.0723. The van der Waals surface area contributed by atoms with Gasteiger partial charge in [-0.25, -0.2) is 4.98 Å². The summed E-state index contributed by atoms with van der Waals surface area (Å²) in [5, 5.41) is 16.4. The number of nitrogens with zero attached hydrogens (tertiary/aromatic N) is 1. The lowest BCUT2D eigenvalue weighted by Crippen LogP contribution is -2.34. The number of aryl methyl sites for hydroxylation is 2. The van der Waals surface area contributed by atoms with Crippen molar-refractivity contribution in [3.05, 3.63) is 77.4 Å². The van der Waals surface area contributed by atoms with Crippen LogP contribution in [-0.2, 0) is 6.42 Å². The van der Waals surface area contributed by atoms with Crippen molar-refractivity contribution in [2.24, 2.45) is 0 Å². The molecule has 0 saturated heterocycles. The van der Waals surface area contributed by atoms with Crippen molar-refractivity contribution >= 4 is 40.0 Å². The van der Waals surface area contributed by atoms with Crippen molar-refractivity contribution in [1.82, 2.24) is 10.3 Å². The first-order valence-electron chi connectivity index (χ1n) is 9.85. The molecule has 4 rings (SSSR count). The van der Waals surface area contributed by atoms with Crippen molar-refractivity contribution in [2.45, 2.75) is 20.3 Å². The van der Waals surface area contributed by atoms with Gasteiger partial charge in [-0.3, -0.25) is 10.1 Å². The monoisotopic (exact) mass is 431 g/mol. The molecule has 31 heavy (non-hydrogen) atoms. The number of hydrogen-bond donors (Lipinski definition) is 3. The maximum atomic E-state index is 12.5. The van der Waals surface area contributed by atoms with E-state index in [1.165, 1.54) is 0 Å². The maximum Gasteiger partial charge on any atom is 0.257 e. The largest absolute Gasteiger partial charge is 0.507 e. The fourth-order valence-corrected chi connectivity index (χ4v) is 3.44. The SMILES string of the molecule is CCc1ccc(C(=O)NC(=S)Nc2cc(C)c(O)c(-c3nc4ccccc4o3)c2)cc1. The molecule has 6 nitrogen and oxygen atoms in total. The Bertz CT molecular complexity index is 1250. The Morgan fingerprint density at radius 2 is 1.87 bits per heavy atom. The zero-order valence-corrected chi connectivity index (χ0v) is 17.9. The molecule has 0 aliphatic carbocycles. The van der Waals surface area contributed by atoms with E-state index in [-0.39, 0.29) is 16.8 Å². The van der Waals surface area contributed by atoms with Crippen LogP contribution in [0.5, 0.6) is 5.75 Å². The molecule has 0 saturated carbocycles. The van der Waals surface area contributed by atoms with Crippen molar-refractivity contribution < 1.29 is 14.3 Å². The Hall–Kier alpha value is -3.71. The van der Waals surface area contributed by atoms with Gasteiger partial charge in [0.05, 0.1) is 5.56 Å². The molecule has 0 atom stereocenters. The number of rotatable bonds is 4. The van der Waals surface area contributed by atoms with Crippen LogP contribution in [0.25, 0.3) is 22.6 Å². The number of carbonyl (C=O) groups is 1. The lowest BCUT2D eigenvalue weighted by molar-refractivity contribution is 0.0977. The summed E-state index contributed by atoms with van der Waals surface area (Å²) in [4.78, 5) is 16.9. The van der Waals surface area contributed by atoms with Crippen LogP contribution < -0.4 is 10.6 Å². The van der Waals surface area contributed by atoms with Gasteiger partial charge in [0.15, 0.2) is 10.7 Å². The van der Waals surface area contributed by atoms with E-state index in [1.807, 2.05) is 36.4 Å². The van der Waals surface area contributed by atoms with Crippen LogP contribution in [0.15, 0.2) is 65.1 Å². The average Bonchev–Trinajstić information content (AvgIpc) is 3.20. The maximum absolute atomic E-state index is 12.5. The van der Waals surface area contributed by atoms with Gasteiger partial charge in [-0.15, -0.1) is 0 Å². The van der Waals surface area contributed by atoms with Crippen molar-refractivity contribution in [2.75, 3.05) is 5.32 Å². The highest BCUT2D eigenvalue weighted by Crippen LogP contribution is 2.36. The minimum atomic E-state index is -0.296. The predicted octanol–water partition coefficient (Wildman–Crippen LogP) is 5.20. The number of anilines is 1. The summed E-state index contributed by atoms with van der Waals surface area (Å²) in [5.74, 6) is 0.0781. The summed E-state index contributed by atoms with van der Waals surface area (Å²) < 4.78 is 5.79. The normalized spacial score (nSPS) is 10.8. The van der Waals surface area contributed by atoms with E-state index in [2.05, 4.69) is 22.5 Å². The fraction of sp³-hybridized carbons (Fsp3) is 0.125. The van der Waals surface area contributed by atoms with Gasteiger partial charge in [0, 0.05) is 11.3 Å². The van der Waals surface area contributed by atoms with E-state index in [0.29, 0.717) is 39.4 Å². The Morgan fingerprint density at radius 3 is 2.58 bits per heavy atom. The highest BCUT2D eigenvalue weighted by Gasteiger charge is 2.16. The second kappa shape index (κ2) is 8.57. The zero-order valence-electron chi connectivity index (χ0n) is 17.1. The van der Waals surface area contributed by atoms with Gasteiger partial charge in [-0.05, 0) is 73.1 Å². The Morgan fingerprint density at radius 1 is 1.13 bits per heavy atom. The van der Waals surface area contributed by atoms with Crippen LogP contribution in [0.4, 0.5) is 5.69 Å². The molecule has 1 amide bonds. The number of amides is 1. The number of nitrogens with one attached hydrogen (secondary N) is 2. The summed E-state index contributed by atoms with van der Waals surface area (Å²) in [6.07, 6.45) is 0.907. The quantitative estimate of drug-likeness (QED) is 0.304. The molecule has 1 heterocycles. The van der Waals surface area contributed by atoms with Gasteiger partial charge in [0.1, 0.15) is 11.3 Å². The Balaban J connectivity index is 1.54. The van der Waals surface area contributed by atoms with Crippen LogP contribution in [0.2, 0.25) is 0 Å². The number of oxazole rings is 1. The van der Waals surface area contributed by atoms with Gasteiger partial charge in [-0.1, -0.05) is 31.2 Å². The van der Waals surface area contributed by atoms with Gasteiger partial charge >= 0.3 is 0 Å². The Labute approximate surface area is 184 Å². The molecule has 3 N–H and O–H groups in total. The van der Waals surface area contributed by atoms with Gasteiger partial charge in [0.25, 0.3) is 5.91 Å². The third kappa shape index (κ3) is 4.41. The van der Waals surface area contributed by atoms with E-state index in [4.69, 9.17) is 16.6 Å². The first kappa shape index (κ1) is 20.6. The molecule has 0 bridgehead atoms. The van der Waals surface area contributed by atoms with E-state index in [1.54, 1.807) is 31.2 Å². The number of thiocarbonyl (C=S) groups is 1. The third-order valence-corrected chi connectivity index (χ3v) is 5.14. The Kier molecular flexibility index (Phi) is 5.68. The van der Waals surface area contributed by atoms with E-state index in [0.717, 1.165) is 12.0 Å². The number of phenolic OH excluding ortho intramolecular Hbond substituents is 1. The molecular weight excluding hydrogens is 410 g/mol. The second-order valence-electron chi connectivity index (χ2n) is 7.13. The molecule has 3 aromatic carbocycles. The number of benzene rings is 3. The van der Waals surface area contributed by atoms with E-state index in [9.17, 15) is 9.90 Å². The molecule has 0 aliphatic rings. The first-order valence-corrected chi connectivity index (χ1v) is 10.3. The van der Waals surface area contributed by atoms with E-state index < -0.39 is 0 Å². The predicted molar refractivity (Wildman–Crippen MR) is 125 cm³/mol. The number of fused-ring (bicyclic) bond motifs is 1. The molecule has 7 heteroatoms. The summed E-state index contributed by atoms with van der Waals surface area (Å²) in [6, 6.07) is 18.2. The number of aromatic nitrogens is 1. The highest BCUT2D eigenvalue weighted by atomic mass is 32.1. The molecule has 1 aromatic heterocycles. The molecule has 0 spiro atoms. The zero-order chi connectivity index (χ0) is 22.0.